The van der Waals surface area contributed by atoms with Crippen LogP contribution in [-0.2, 0) is 5.75 Å². The van der Waals surface area contributed by atoms with Gasteiger partial charge in [-0.1, -0.05) is 30.3 Å². The smallest absolute Gasteiger partial charge is 0.172 e. The van der Waals surface area contributed by atoms with E-state index >= 15 is 0 Å². The predicted molar refractivity (Wildman–Crippen MR) is 60.8 cm³/mol. The van der Waals surface area contributed by atoms with E-state index in [1.54, 1.807) is 0 Å². The number of hydrogen-bond acceptors (Lipinski definition) is 1. The normalized spacial score (nSPS) is 9.93. The lowest BCUT2D eigenvalue weighted by Crippen LogP contribution is -1.83. The van der Waals surface area contributed by atoms with Crippen LogP contribution < -0.4 is 0 Å². The van der Waals surface area contributed by atoms with Gasteiger partial charge in [-0.15, -0.1) is 0 Å². The van der Waals surface area contributed by atoms with Gasteiger partial charge in [0.05, 0.1) is 4.48 Å². The van der Waals surface area contributed by atoms with Crippen molar-refractivity contribution in [2.75, 3.05) is 5.75 Å². The summed E-state index contributed by atoms with van der Waals surface area (Å²) in [6.07, 6.45) is -1.63. The van der Waals surface area contributed by atoms with Crippen LogP contribution in [0.1, 0.15) is 5.56 Å². The number of halogens is 3. The van der Waals surface area contributed by atoms with Crippen molar-refractivity contribution in [3.05, 3.63) is 46.5 Å². The molecule has 4 heteroatoms. The second-order valence-corrected chi connectivity index (χ2v) is 4.59. The fourth-order valence-corrected chi connectivity index (χ4v) is 2.19. The summed E-state index contributed by atoms with van der Waals surface area (Å²) in [4.78, 5) is 0. The van der Waals surface area contributed by atoms with Crippen molar-refractivity contribution < 1.29 is 8.78 Å². The summed E-state index contributed by atoms with van der Waals surface area (Å²) in [6.45, 7) is 0. The molecule has 0 aliphatic rings. The summed E-state index contributed by atoms with van der Waals surface area (Å²) in [5.74, 6) is 1.07. The van der Waals surface area contributed by atoms with Crippen LogP contribution in [0.25, 0.3) is 0 Å². The van der Waals surface area contributed by atoms with Crippen molar-refractivity contribution in [2.45, 2.75) is 5.75 Å². The van der Waals surface area contributed by atoms with E-state index < -0.39 is 6.08 Å². The highest BCUT2D eigenvalue weighted by atomic mass is 79.9. The van der Waals surface area contributed by atoms with E-state index in [-0.39, 0.29) is 4.48 Å². The van der Waals surface area contributed by atoms with E-state index in [9.17, 15) is 8.78 Å². The zero-order valence-electron chi connectivity index (χ0n) is 7.34. The standard InChI is InChI=1S/C10H9BrF2S/c11-9(10(12)13)7-14-6-8-4-2-1-3-5-8/h1-5H,6-7H2. The highest BCUT2D eigenvalue weighted by molar-refractivity contribution is 9.11. The van der Waals surface area contributed by atoms with Crippen LogP contribution in [0.15, 0.2) is 40.9 Å². The first-order valence-electron chi connectivity index (χ1n) is 4.01. The summed E-state index contributed by atoms with van der Waals surface area (Å²) in [5, 5.41) is 0. The summed E-state index contributed by atoms with van der Waals surface area (Å²) in [5.41, 5.74) is 1.15. The van der Waals surface area contributed by atoms with Crippen LogP contribution in [-0.4, -0.2) is 5.75 Å². The minimum atomic E-state index is -1.63. The summed E-state index contributed by atoms with van der Waals surface area (Å²) in [6, 6.07) is 9.78. The summed E-state index contributed by atoms with van der Waals surface area (Å²) in [7, 11) is 0. The van der Waals surface area contributed by atoms with Crippen LogP contribution in [0.4, 0.5) is 8.78 Å². The number of benzene rings is 1. The molecule has 0 amide bonds. The molecule has 0 N–H and O–H groups in total. The lowest BCUT2D eigenvalue weighted by atomic mass is 10.2. The first-order chi connectivity index (χ1) is 6.70. The van der Waals surface area contributed by atoms with Gasteiger partial charge in [-0.3, -0.25) is 0 Å². The molecule has 0 aliphatic heterocycles. The van der Waals surface area contributed by atoms with Gasteiger partial charge in [0.15, 0.2) is 0 Å². The Bertz CT molecular complexity index is 307. The molecule has 0 saturated carbocycles. The van der Waals surface area contributed by atoms with Crippen LogP contribution >= 0.6 is 27.7 Å². The molecule has 0 spiro atoms. The Hall–Kier alpha value is -0.350. The molecule has 1 aromatic rings. The zero-order chi connectivity index (χ0) is 10.4. The van der Waals surface area contributed by atoms with Gasteiger partial charge in [0.2, 0.25) is 0 Å². The van der Waals surface area contributed by atoms with Crippen LogP contribution in [0.2, 0.25) is 0 Å². The molecule has 1 aromatic carbocycles. The SMILES string of the molecule is FC(F)=C(Br)CSCc1ccccc1. The Labute approximate surface area is 94.5 Å². The topological polar surface area (TPSA) is 0 Å². The van der Waals surface area contributed by atoms with E-state index in [2.05, 4.69) is 15.9 Å². The second kappa shape index (κ2) is 6.19. The molecule has 0 aromatic heterocycles. The first-order valence-corrected chi connectivity index (χ1v) is 5.96. The number of rotatable bonds is 4. The molecular weight excluding hydrogens is 270 g/mol. The molecule has 76 valence electrons. The average molecular weight is 279 g/mol. The van der Waals surface area contributed by atoms with Crippen LogP contribution in [0.3, 0.4) is 0 Å². The average Bonchev–Trinajstić information content (AvgIpc) is 2.19. The maximum absolute atomic E-state index is 12.0. The third kappa shape index (κ3) is 4.24. The van der Waals surface area contributed by atoms with Gasteiger partial charge in [-0.05, 0) is 21.5 Å². The summed E-state index contributed by atoms with van der Waals surface area (Å²) < 4.78 is 23.9. The highest BCUT2D eigenvalue weighted by Crippen LogP contribution is 2.22. The van der Waals surface area contributed by atoms with Crippen LogP contribution in [0.5, 0.6) is 0 Å². The molecule has 0 atom stereocenters. The molecule has 0 saturated heterocycles. The Morgan fingerprint density at radius 2 is 1.86 bits per heavy atom. The van der Waals surface area contributed by atoms with Crippen molar-refractivity contribution in [2.24, 2.45) is 0 Å². The van der Waals surface area contributed by atoms with Gasteiger partial charge in [0.1, 0.15) is 0 Å². The lowest BCUT2D eigenvalue weighted by molar-refractivity contribution is 0.419. The van der Waals surface area contributed by atoms with Crippen molar-refractivity contribution >= 4 is 27.7 Å². The molecule has 0 radical (unpaired) electrons. The molecule has 0 aliphatic carbocycles. The zero-order valence-corrected chi connectivity index (χ0v) is 9.75. The monoisotopic (exact) mass is 278 g/mol. The molecule has 0 heterocycles. The molecular formula is C10H9BrF2S. The van der Waals surface area contributed by atoms with E-state index in [1.165, 1.54) is 11.8 Å². The van der Waals surface area contributed by atoms with Crippen molar-refractivity contribution in [1.29, 1.82) is 0 Å². The Morgan fingerprint density at radius 3 is 2.43 bits per heavy atom. The Kier molecular flexibility index (Phi) is 5.19. The summed E-state index contributed by atoms with van der Waals surface area (Å²) >= 11 is 4.28. The first kappa shape index (κ1) is 11.7. The van der Waals surface area contributed by atoms with Crippen molar-refractivity contribution in [1.82, 2.24) is 0 Å². The van der Waals surface area contributed by atoms with Gasteiger partial charge < -0.3 is 0 Å². The maximum Gasteiger partial charge on any atom is 0.281 e. The van der Waals surface area contributed by atoms with E-state index in [4.69, 9.17) is 0 Å². The van der Waals surface area contributed by atoms with E-state index in [0.717, 1.165) is 11.3 Å². The van der Waals surface area contributed by atoms with Gasteiger partial charge in [0, 0.05) is 11.5 Å². The quantitative estimate of drug-likeness (QED) is 0.786. The second-order valence-electron chi connectivity index (χ2n) is 2.64. The van der Waals surface area contributed by atoms with Gasteiger partial charge in [-0.2, -0.15) is 20.5 Å². The van der Waals surface area contributed by atoms with E-state index in [1.807, 2.05) is 30.3 Å². The predicted octanol–water partition coefficient (Wildman–Crippen LogP) is 4.42. The fourth-order valence-electron chi connectivity index (χ4n) is 0.887. The maximum atomic E-state index is 12.0. The number of thioether (sulfide) groups is 1. The van der Waals surface area contributed by atoms with Crippen molar-refractivity contribution in [3.8, 4) is 0 Å². The lowest BCUT2D eigenvalue weighted by Gasteiger charge is -2.00. The Morgan fingerprint density at radius 1 is 1.21 bits per heavy atom. The molecule has 0 nitrogen and oxygen atoms in total. The Balaban J connectivity index is 2.33. The molecule has 14 heavy (non-hydrogen) atoms. The molecule has 1 rings (SSSR count). The van der Waals surface area contributed by atoms with Gasteiger partial charge in [-0.25, -0.2) is 0 Å². The minimum Gasteiger partial charge on any atom is -0.172 e. The van der Waals surface area contributed by atoms with Gasteiger partial charge in [0.25, 0.3) is 6.08 Å². The molecule has 0 fully saturated rings. The fraction of sp³-hybridized carbons (Fsp3) is 0.200. The largest absolute Gasteiger partial charge is 0.281 e. The molecule has 0 bridgehead atoms. The van der Waals surface area contributed by atoms with Crippen LogP contribution in [0, 0.1) is 0 Å². The van der Waals surface area contributed by atoms with Gasteiger partial charge >= 0.3 is 0 Å². The highest BCUT2D eigenvalue weighted by Gasteiger charge is 2.01. The number of hydrogen-bond donors (Lipinski definition) is 0. The van der Waals surface area contributed by atoms with E-state index in [0.29, 0.717) is 5.75 Å². The third-order valence-corrected chi connectivity index (χ3v) is 3.53. The minimum absolute atomic E-state index is 0.0153. The molecule has 0 unspecified atom stereocenters. The van der Waals surface area contributed by atoms with Crippen molar-refractivity contribution in [3.63, 3.8) is 0 Å². The third-order valence-electron chi connectivity index (χ3n) is 1.55.